The van der Waals surface area contributed by atoms with Gasteiger partial charge in [0.25, 0.3) is 5.91 Å². The van der Waals surface area contributed by atoms with E-state index >= 15 is 0 Å². The highest BCUT2D eigenvalue weighted by molar-refractivity contribution is 5.94. The zero-order valence-electron chi connectivity index (χ0n) is 13.5. The average Bonchev–Trinajstić information content (AvgIpc) is 2.45. The first-order valence-corrected chi connectivity index (χ1v) is 7.90. The van der Waals surface area contributed by atoms with Gasteiger partial charge >= 0.3 is 0 Å². The van der Waals surface area contributed by atoms with Gasteiger partial charge < -0.3 is 16.0 Å². The van der Waals surface area contributed by atoms with Crippen LogP contribution in [0, 0.1) is 5.92 Å². The van der Waals surface area contributed by atoms with Gasteiger partial charge in [-0.25, -0.2) is 0 Å². The van der Waals surface area contributed by atoms with Gasteiger partial charge in [0.2, 0.25) is 0 Å². The molecule has 1 aromatic carbocycles. The van der Waals surface area contributed by atoms with E-state index in [4.69, 9.17) is 5.73 Å². The van der Waals surface area contributed by atoms with Gasteiger partial charge in [0.1, 0.15) is 0 Å². The molecule has 0 bridgehead atoms. The summed E-state index contributed by atoms with van der Waals surface area (Å²) in [7, 11) is 3.52. The van der Waals surface area contributed by atoms with Crippen LogP contribution in [0.3, 0.4) is 0 Å². The molecule has 5 nitrogen and oxygen atoms in total. The number of hydrogen-bond acceptors (Lipinski definition) is 2. The zero-order valence-corrected chi connectivity index (χ0v) is 13.5. The largest absolute Gasteiger partial charge is 0.370 e. The van der Waals surface area contributed by atoms with E-state index in [1.54, 1.807) is 19.0 Å². The zero-order chi connectivity index (χ0) is 15.9. The van der Waals surface area contributed by atoms with Gasteiger partial charge in [-0.3, -0.25) is 9.79 Å². The summed E-state index contributed by atoms with van der Waals surface area (Å²) in [5.74, 6) is 1.28. The Morgan fingerprint density at radius 2 is 2.18 bits per heavy atom. The Morgan fingerprint density at radius 1 is 1.41 bits per heavy atom. The summed E-state index contributed by atoms with van der Waals surface area (Å²) in [5, 5.41) is 3.14. The van der Waals surface area contributed by atoms with Gasteiger partial charge in [-0.15, -0.1) is 0 Å². The van der Waals surface area contributed by atoms with Crippen molar-refractivity contribution in [2.24, 2.45) is 16.6 Å². The van der Waals surface area contributed by atoms with Gasteiger partial charge in [0.15, 0.2) is 5.96 Å². The van der Waals surface area contributed by atoms with Crippen LogP contribution in [0.25, 0.3) is 0 Å². The fourth-order valence-electron chi connectivity index (χ4n) is 2.41. The molecule has 0 atom stereocenters. The SMILES string of the molecule is CN(C)C(=O)c1cccc(CCNC(N)=NCC2CCC2)c1. The second-order valence-electron chi connectivity index (χ2n) is 6.10. The lowest BCUT2D eigenvalue weighted by molar-refractivity contribution is 0.0827. The molecule has 3 N–H and O–H groups in total. The second kappa shape index (κ2) is 7.82. The number of rotatable bonds is 6. The number of guanidine groups is 1. The summed E-state index contributed by atoms with van der Waals surface area (Å²) in [5.41, 5.74) is 7.70. The van der Waals surface area contributed by atoms with E-state index in [0.717, 1.165) is 31.0 Å². The number of amides is 1. The Labute approximate surface area is 132 Å². The lowest BCUT2D eigenvalue weighted by Gasteiger charge is -2.23. The van der Waals surface area contributed by atoms with Crippen LogP contribution in [0.2, 0.25) is 0 Å². The van der Waals surface area contributed by atoms with Crippen molar-refractivity contribution in [1.82, 2.24) is 10.2 Å². The van der Waals surface area contributed by atoms with Crippen molar-refractivity contribution in [3.63, 3.8) is 0 Å². The minimum atomic E-state index is 0.0244. The monoisotopic (exact) mass is 302 g/mol. The minimum Gasteiger partial charge on any atom is -0.370 e. The molecule has 1 fully saturated rings. The van der Waals surface area contributed by atoms with Crippen molar-refractivity contribution in [2.75, 3.05) is 27.2 Å². The molecular weight excluding hydrogens is 276 g/mol. The standard InChI is InChI=1S/C17H26N4O/c1-21(2)16(22)15-8-4-5-13(11-15)9-10-19-17(18)20-12-14-6-3-7-14/h4-5,8,11,14H,3,6-7,9-10,12H2,1-2H3,(H3,18,19,20). The van der Waals surface area contributed by atoms with E-state index in [1.807, 2.05) is 24.3 Å². The van der Waals surface area contributed by atoms with Crippen LogP contribution in [0.1, 0.15) is 35.2 Å². The average molecular weight is 302 g/mol. The molecule has 1 aromatic rings. The van der Waals surface area contributed by atoms with Crippen molar-refractivity contribution in [3.8, 4) is 0 Å². The third-order valence-corrected chi connectivity index (χ3v) is 4.04. The molecule has 1 aliphatic rings. The molecule has 2 rings (SSSR count). The summed E-state index contributed by atoms with van der Waals surface area (Å²) >= 11 is 0. The number of benzene rings is 1. The number of nitrogens with one attached hydrogen (secondary N) is 1. The first-order chi connectivity index (χ1) is 10.6. The third kappa shape index (κ3) is 4.76. The van der Waals surface area contributed by atoms with E-state index in [2.05, 4.69) is 10.3 Å². The van der Waals surface area contributed by atoms with Gasteiger partial charge in [-0.05, 0) is 42.9 Å². The van der Waals surface area contributed by atoms with Crippen molar-refractivity contribution >= 4 is 11.9 Å². The maximum atomic E-state index is 11.9. The Bertz CT molecular complexity index is 535. The maximum Gasteiger partial charge on any atom is 0.253 e. The number of nitrogens with zero attached hydrogens (tertiary/aromatic N) is 2. The Balaban J connectivity index is 1.78. The fraction of sp³-hybridized carbons (Fsp3) is 0.529. The molecular formula is C17H26N4O. The highest BCUT2D eigenvalue weighted by atomic mass is 16.2. The number of hydrogen-bond donors (Lipinski definition) is 2. The summed E-state index contributed by atoms with van der Waals surface area (Å²) < 4.78 is 0. The summed E-state index contributed by atoms with van der Waals surface area (Å²) in [6, 6.07) is 7.72. The highest BCUT2D eigenvalue weighted by Crippen LogP contribution is 2.26. The summed E-state index contributed by atoms with van der Waals surface area (Å²) in [4.78, 5) is 17.9. The Hall–Kier alpha value is -2.04. The van der Waals surface area contributed by atoms with E-state index in [1.165, 1.54) is 19.3 Å². The van der Waals surface area contributed by atoms with E-state index in [9.17, 15) is 4.79 Å². The molecule has 1 aliphatic carbocycles. The van der Waals surface area contributed by atoms with Crippen LogP contribution >= 0.6 is 0 Å². The molecule has 22 heavy (non-hydrogen) atoms. The van der Waals surface area contributed by atoms with Crippen LogP contribution in [0.4, 0.5) is 0 Å². The normalized spacial score (nSPS) is 15.3. The first kappa shape index (κ1) is 16.3. The van der Waals surface area contributed by atoms with Gasteiger partial charge in [0.05, 0.1) is 0 Å². The van der Waals surface area contributed by atoms with Crippen LogP contribution in [0.15, 0.2) is 29.3 Å². The summed E-state index contributed by atoms with van der Waals surface area (Å²) in [6.07, 6.45) is 4.71. The lowest BCUT2D eigenvalue weighted by Crippen LogP contribution is -2.34. The summed E-state index contributed by atoms with van der Waals surface area (Å²) in [6.45, 7) is 1.56. The minimum absolute atomic E-state index is 0.0244. The molecule has 0 aliphatic heterocycles. The smallest absolute Gasteiger partial charge is 0.253 e. The lowest BCUT2D eigenvalue weighted by atomic mass is 9.86. The van der Waals surface area contributed by atoms with Gasteiger partial charge in [-0.2, -0.15) is 0 Å². The van der Waals surface area contributed by atoms with Crippen LogP contribution in [0.5, 0.6) is 0 Å². The fourth-order valence-corrected chi connectivity index (χ4v) is 2.41. The predicted octanol–water partition coefficient (Wildman–Crippen LogP) is 1.64. The van der Waals surface area contributed by atoms with E-state index in [0.29, 0.717) is 11.5 Å². The van der Waals surface area contributed by atoms with Crippen LogP contribution < -0.4 is 11.1 Å². The predicted molar refractivity (Wildman–Crippen MR) is 90.0 cm³/mol. The number of carbonyl (C=O) groups excluding carboxylic acids is 1. The van der Waals surface area contributed by atoms with Crippen LogP contribution in [-0.2, 0) is 6.42 Å². The topological polar surface area (TPSA) is 70.7 Å². The molecule has 0 unspecified atom stereocenters. The molecule has 1 amide bonds. The van der Waals surface area contributed by atoms with Gasteiger partial charge in [-0.1, -0.05) is 18.6 Å². The second-order valence-corrected chi connectivity index (χ2v) is 6.10. The molecule has 0 aromatic heterocycles. The van der Waals surface area contributed by atoms with Crippen molar-refractivity contribution in [3.05, 3.63) is 35.4 Å². The Morgan fingerprint density at radius 3 is 2.82 bits per heavy atom. The van der Waals surface area contributed by atoms with Crippen molar-refractivity contribution < 1.29 is 4.79 Å². The molecule has 0 heterocycles. The Kier molecular flexibility index (Phi) is 5.81. The van der Waals surface area contributed by atoms with Gasteiger partial charge in [0, 0.05) is 32.7 Å². The number of aliphatic imine (C=N–C) groups is 1. The number of nitrogens with two attached hydrogens (primary N) is 1. The number of carbonyl (C=O) groups is 1. The molecule has 1 saturated carbocycles. The van der Waals surface area contributed by atoms with Crippen LogP contribution in [-0.4, -0.2) is 44.0 Å². The molecule has 5 heteroatoms. The van der Waals surface area contributed by atoms with E-state index in [-0.39, 0.29) is 5.91 Å². The molecule has 0 radical (unpaired) electrons. The molecule has 120 valence electrons. The molecule has 0 spiro atoms. The molecule has 0 saturated heterocycles. The van der Waals surface area contributed by atoms with Crippen molar-refractivity contribution in [2.45, 2.75) is 25.7 Å². The van der Waals surface area contributed by atoms with E-state index < -0.39 is 0 Å². The quantitative estimate of drug-likeness (QED) is 0.620. The maximum absolute atomic E-state index is 11.9. The first-order valence-electron chi connectivity index (χ1n) is 7.90. The third-order valence-electron chi connectivity index (χ3n) is 4.04. The van der Waals surface area contributed by atoms with Crippen molar-refractivity contribution in [1.29, 1.82) is 0 Å². The highest BCUT2D eigenvalue weighted by Gasteiger charge is 2.16.